The van der Waals surface area contributed by atoms with Crippen LogP contribution in [0.5, 0.6) is 0 Å². The van der Waals surface area contributed by atoms with Crippen molar-refractivity contribution in [1.82, 2.24) is 5.32 Å². The largest absolute Gasteiger partial charge is 0.478 e. The highest BCUT2D eigenvalue weighted by molar-refractivity contribution is 9.10. The Balaban J connectivity index is 2.14. The molecule has 2 rings (SSSR count). The van der Waals surface area contributed by atoms with Crippen molar-refractivity contribution in [2.45, 2.75) is 25.8 Å². The van der Waals surface area contributed by atoms with Crippen molar-refractivity contribution < 1.29 is 14.7 Å². The highest BCUT2D eigenvalue weighted by Crippen LogP contribution is 2.25. The Labute approximate surface area is 125 Å². The van der Waals surface area contributed by atoms with Gasteiger partial charge in [-0.15, -0.1) is 0 Å². The molecular formula is C14H17BrN2O3. The normalized spacial score (nSPS) is 22.3. The molecule has 0 aromatic heterocycles. The molecule has 0 spiro atoms. The van der Waals surface area contributed by atoms with Crippen LogP contribution in [0.15, 0.2) is 22.7 Å². The van der Waals surface area contributed by atoms with Gasteiger partial charge in [-0.2, -0.15) is 0 Å². The zero-order valence-electron chi connectivity index (χ0n) is 11.1. The average Bonchev–Trinajstić information content (AvgIpc) is 2.41. The Hall–Kier alpha value is -1.40. The number of carboxylic acid groups (broad SMARTS) is 1. The van der Waals surface area contributed by atoms with E-state index in [2.05, 4.69) is 26.6 Å². The predicted octanol–water partition coefficient (Wildman–Crippen LogP) is 2.47. The van der Waals surface area contributed by atoms with Crippen LogP contribution in [0, 0.1) is 5.92 Å². The second kappa shape index (κ2) is 6.37. The van der Waals surface area contributed by atoms with Gasteiger partial charge in [-0.25, -0.2) is 4.79 Å². The van der Waals surface area contributed by atoms with Crippen LogP contribution in [0.2, 0.25) is 0 Å². The van der Waals surface area contributed by atoms with E-state index in [0.717, 1.165) is 19.4 Å². The van der Waals surface area contributed by atoms with Gasteiger partial charge in [-0.3, -0.25) is 4.79 Å². The van der Waals surface area contributed by atoms with E-state index in [4.69, 9.17) is 5.11 Å². The first-order valence-corrected chi connectivity index (χ1v) is 7.35. The number of anilines is 1. The highest BCUT2D eigenvalue weighted by atomic mass is 79.9. The summed E-state index contributed by atoms with van der Waals surface area (Å²) in [6.45, 7) is 2.87. The number of nitrogens with one attached hydrogen (secondary N) is 2. The molecule has 0 saturated carbocycles. The second-order valence-electron chi connectivity index (χ2n) is 5.04. The molecule has 5 nitrogen and oxygen atoms in total. The molecule has 1 amide bonds. The Morgan fingerprint density at radius 1 is 1.45 bits per heavy atom. The van der Waals surface area contributed by atoms with Crippen LogP contribution in [0.25, 0.3) is 0 Å². The van der Waals surface area contributed by atoms with Crippen LogP contribution in [-0.2, 0) is 4.79 Å². The third kappa shape index (κ3) is 3.37. The number of aromatic carboxylic acids is 1. The third-order valence-corrected chi connectivity index (χ3v) is 4.21. The molecule has 1 saturated heterocycles. The van der Waals surface area contributed by atoms with Crippen LogP contribution < -0.4 is 10.6 Å². The van der Waals surface area contributed by atoms with E-state index in [1.54, 1.807) is 6.07 Å². The van der Waals surface area contributed by atoms with Gasteiger partial charge in [-0.1, -0.05) is 6.92 Å². The minimum atomic E-state index is -1.02. The summed E-state index contributed by atoms with van der Waals surface area (Å²) in [4.78, 5) is 23.2. The minimum absolute atomic E-state index is 0.125. The van der Waals surface area contributed by atoms with Gasteiger partial charge in [-0.05, 0) is 59.4 Å². The smallest absolute Gasteiger partial charge is 0.335 e. The maximum atomic E-state index is 12.3. The second-order valence-corrected chi connectivity index (χ2v) is 5.89. The summed E-state index contributed by atoms with van der Waals surface area (Å²) < 4.78 is 0.666. The van der Waals surface area contributed by atoms with E-state index in [0.29, 0.717) is 10.2 Å². The van der Waals surface area contributed by atoms with Crippen molar-refractivity contribution in [1.29, 1.82) is 0 Å². The SMILES string of the molecule is CC1CCCNC1C(=O)Nc1cc(C(=O)O)ccc1Br. The highest BCUT2D eigenvalue weighted by Gasteiger charge is 2.27. The molecule has 20 heavy (non-hydrogen) atoms. The van der Waals surface area contributed by atoms with Crippen LogP contribution >= 0.6 is 15.9 Å². The Kier molecular flexibility index (Phi) is 4.77. The van der Waals surface area contributed by atoms with E-state index in [-0.39, 0.29) is 23.4 Å². The average molecular weight is 341 g/mol. The van der Waals surface area contributed by atoms with Crippen molar-refractivity contribution in [2.75, 3.05) is 11.9 Å². The Bertz CT molecular complexity index is 533. The molecule has 1 heterocycles. The molecule has 0 radical (unpaired) electrons. The van der Waals surface area contributed by atoms with E-state index < -0.39 is 5.97 Å². The number of carbonyl (C=O) groups excluding carboxylic acids is 1. The zero-order chi connectivity index (χ0) is 14.7. The van der Waals surface area contributed by atoms with Gasteiger partial charge in [0.05, 0.1) is 17.3 Å². The Morgan fingerprint density at radius 2 is 2.20 bits per heavy atom. The summed E-state index contributed by atoms with van der Waals surface area (Å²) >= 11 is 3.32. The van der Waals surface area contributed by atoms with E-state index in [1.807, 2.05) is 6.92 Å². The van der Waals surface area contributed by atoms with Gasteiger partial charge in [0.25, 0.3) is 0 Å². The number of amides is 1. The zero-order valence-corrected chi connectivity index (χ0v) is 12.7. The van der Waals surface area contributed by atoms with Gasteiger partial charge in [0.15, 0.2) is 0 Å². The molecule has 1 aliphatic heterocycles. The molecule has 1 aromatic carbocycles. The number of benzene rings is 1. The van der Waals surface area contributed by atoms with Crippen LogP contribution in [-0.4, -0.2) is 29.6 Å². The van der Waals surface area contributed by atoms with E-state index in [1.165, 1.54) is 12.1 Å². The summed E-state index contributed by atoms with van der Waals surface area (Å²) in [5.41, 5.74) is 0.627. The summed E-state index contributed by atoms with van der Waals surface area (Å²) in [5, 5.41) is 15.0. The Morgan fingerprint density at radius 3 is 2.85 bits per heavy atom. The molecule has 0 bridgehead atoms. The first-order valence-electron chi connectivity index (χ1n) is 6.56. The fourth-order valence-corrected chi connectivity index (χ4v) is 2.71. The fourth-order valence-electron chi connectivity index (χ4n) is 2.37. The van der Waals surface area contributed by atoms with Crippen LogP contribution in [0.4, 0.5) is 5.69 Å². The molecule has 3 N–H and O–H groups in total. The quantitative estimate of drug-likeness (QED) is 0.789. The third-order valence-electron chi connectivity index (χ3n) is 3.52. The van der Waals surface area contributed by atoms with Gasteiger partial charge in [0.1, 0.15) is 0 Å². The number of rotatable bonds is 3. The topological polar surface area (TPSA) is 78.4 Å². The molecule has 1 fully saturated rings. The molecule has 108 valence electrons. The molecule has 0 aliphatic carbocycles. The van der Waals surface area contributed by atoms with Crippen LogP contribution in [0.3, 0.4) is 0 Å². The monoisotopic (exact) mass is 340 g/mol. The van der Waals surface area contributed by atoms with Crippen molar-refractivity contribution in [3.8, 4) is 0 Å². The minimum Gasteiger partial charge on any atom is -0.478 e. The summed E-state index contributed by atoms with van der Waals surface area (Å²) in [6, 6.07) is 4.34. The summed E-state index contributed by atoms with van der Waals surface area (Å²) in [5.74, 6) is -0.872. The van der Waals surface area contributed by atoms with Crippen molar-refractivity contribution in [3.05, 3.63) is 28.2 Å². The maximum absolute atomic E-state index is 12.3. The lowest BCUT2D eigenvalue weighted by molar-refractivity contribution is -0.119. The lowest BCUT2D eigenvalue weighted by Crippen LogP contribution is -2.48. The summed E-state index contributed by atoms with van der Waals surface area (Å²) in [7, 11) is 0. The number of carbonyl (C=O) groups is 2. The molecule has 2 atom stereocenters. The number of hydrogen-bond acceptors (Lipinski definition) is 3. The lowest BCUT2D eigenvalue weighted by atomic mass is 9.92. The van der Waals surface area contributed by atoms with Crippen molar-refractivity contribution in [2.24, 2.45) is 5.92 Å². The van der Waals surface area contributed by atoms with E-state index in [9.17, 15) is 9.59 Å². The molecule has 6 heteroatoms. The van der Waals surface area contributed by atoms with Crippen molar-refractivity contribution >= 4 is 33.5 Å². The number of hydrogen-bond donors (Lipinski definition) is 3. The number of halogens is 1. The fraction of sp³-hybridized carbons (Fsp3) is 0.429. The van der Waals surface area contributed by atoms with Gasteiger partial charge < -0.3 is 15.7 Å². The first-order chi connectivity index (χ1) is 9.49. The van der Waals surface area contributed by atoms with Gasteiger partial charge in [0.2, 0.25) is 5.91 Å². The molecule has 2 unspecified atom stereocenters. The standard InChI is InChI=1S/C14H17BrN2O3/c1-8-3-2-6-16-12(8)13(18)17-11-7-9(14(19)20)4-5-10(11)15/h4-5,7-8,12,16H,2-3,6H2,1H3,(H,17,18)(H,19,20). The summed E-state index contributed by atoms with van der Waals surface area (Å²) in [6.07, 6.45) is 2.09. The van der Waals surface area contributed by atoms with Crippen molar-refractivity contribution in [3.63, 3.8) is 0 Å². The van der Waals surface area contributed by atoms with E-state index >= 15 is 0 Å². The number of piperidine rings is 1. The maximum Gasteiger partial charge on any atom is 0.335 e. The molecule has 1 aliphatic rings. The molecular weight excluding hydrogens is 324 g/mol. The number of carboxylic acids is 1. The lowest BCUT2D eigenvalue weighted by Gasteiger charge is -2.29. The molecule has 1 aromatic rings. The van der Waals surface area contributed by atoms with Crippen LogP contribution in [0.1, 0.15) is 30.1 Å². The predicted molar refractivity (Wildman–Crippen MR) is 79.9 cm³/mol. The van der Waals surface area contributed by atoms with Gasteiger partial charge in [0, 0.05) is 4.47 Å². The van der Waals surface area contributed by atoms with Gasteiger partial charge >= 0.3 is 5.97 Å². The first kappa shape index (κ1) is 15.0.